The zero-order chi connectivity index (χ0) is 12.3. The minimum absolute atomic E-state index is 0.239. The van der Waals surface area contributed by atoms with Gasteiger partial charge < -0.3 is 10.4 Å². The highest BCUT2D eigenvalue weighted by atomic mass is 32.2. The molecule has 1 aliphatic carbocycles. The first kappa shape index (κ1) is 12.2. The third-order valence-electron chi connectivity index (χ3n) is 3.31. The average Bonchev–Trinajstić information content (AvgIpc) is 2.28. The third-order valence-corrected chi connectivity index (χ3v) is 4.73. The molecule has 0 atom stereocenters. The van der Waals surface area contributed by atoms with Gasteiger partial charge in [0, 0.05) is 17.5 Å². The second-order valence-electron chi connectivity index (χ2n) is 4.30. The molecule has 0 unspecified atom stereocenters. The predicted octanol–water partition coefficient (Wildman–Crippen LogP) is 2.48. The van der Waals surface area contributed by atoms with Crippen molar-refractivity contribution in [2.45, 2.75) is 24.0 Å². The number of carboxylic acids is 1. The van der Waals surface area contributed by atoms with Crippen LogP contribution in [0.2, 0.25) is 0 Å². The molecule has 0 radical (unpaired) electrons. The van der Waals surface area contributed by atoms with E-state index in [1.165, 1.54) is 19.3 Å². The van der Waals surface area contributed by atoms with Gasteiger partial charge in [-0.3, -0.25) is 0 Å². The number of hydrogen-bond acceptors (Lipinski definition) is 4. The van der Waals surface area contributed by atoms with Crippen molar-refractivity contribution < 1.29 is 9.90 Å². The molecule has 1 aromatic rings. The van der Waals surface area contributed by atoms with Gasteiger partial charge in [0.05, 0.1) is 0 Å². The molecular formula is C12H16N2O2S. The molecule has 1 fully saturated rings. The van der Waals surface area contributed by atoms with Crippen molar-refractivity contribution in [3.63, 3.8) is 0 Å². The second-order valence-corrected chi connectivity index (χ2v) is 5.57. The highest BCUT2D eigenvalue weighted by Crippen LogP contribution is 2.42. The largest absolute Gasteiger partial charge is 0.478 e. The van der Waals surface area contributed by atoms with Crippen LogP contribution in [0.3, 0.4) is 0 Å². The van der Waals surface area contributed by atoms with Crippen molar-refractivity contribution in [3.8, 4) is 0 Å². The highest BCUT2D eigenvalue weighted by molar-refractivity contribution is 8.00. The molecule has 1 saturated carbocycles. The molecule has 92 valence electrons. The molecule has 0 spiro atoms. The molecule has 17 heavy (non-hydrogen) atoms. The lowest BCUT2D eigenvalue weighted by Gasteiger charge is -2.40. The van der Waals surface area contributed by atoms with E-state index < -0.39 is 5.97 Å². The van der Waals surface area contributed by atoms with E-state index in [4.69, 9.17) is 5.11 Å². The minimum atomic E-state index is -0.938. The standard InChI is InChI=1S/C12H16N2O2S/c1-17-12(5-3-6-12)8-14-10-9(11(15)16)4-2-7-13-10/h2,4,7H,3,5-6,8H2,1H3,(H,13,14)(H,15,16). The topological polar surface area (TPSA) is 62.2 Å². The van der Waals surface area contributed by atoms with E-state index in [1.54, 1.807) is 18.3 Å². The molecule has 1 heterocycles. The van der Waals surface area contributed by atoms with Gasteiger partial charge in [-0.25, -0.2) is 9.78 Å². The van der Waals surface area contributed by atoms with Crippen molar-refractivity contribution >= 4 is 23.5 Å². The fourth-order valence-electron chi connectivity index (χ4n) is 1.99. The number of anilines is 1. The van der Waals surface area contributed by atoms with Crippen molar-refractivity contribution in [2.75, 3.05) is 18.1 Å². The summed E-state index contributed by atoms with van der Waals surface area (Å²) in [6, 6.07) is 3.21. The number of nitrogens with zero attached hydrogens (tertiary/aromatic N) is 1. The summed E-state index contributed by atoms with van der Waals surface area (Å²) < 4.78 is 0.271. The summed E-state index contributed by atoms with van der Waals surface area (Å²) in [7, 11) is 0. The van der Waals surface area contributed by atoms with Crippen LogP contribution in [-0.4, -0.2) is 33.6 Å². The Kier molecular flexibility index (Phi) is 3.57. The molecular weight excluding hydrogens is 236 g/mol. The van der Waals surface area contributed by atoms with Crippen LogP contribution in [0.5, 0.6) is 0 Å². The van der Waals surface area contributed by atoms with Crippen molar-refractivity contribution in [1.82, 2.24) is 4.98 Å². The summed E-state index contributed by atoms with van der Waals surface area (Å²) >= 11 is 1.85. The molecule has 2 rings (SSSR count). The number of rotatable bonds is 5. The van der Waals surface area contributed by atoms with Crippen LogP contribution < -0.4 is 5.32 Å². The van der Waals surface area contributed by atoms with E-state index in [9.17, 15) is 4.79 Å². The Morgan fingerprint density at radius 3 is 2.94 bits per heavy atom. The van der Waals surface area contributed by atoms with Crippen LogP contribution in [0.4, 0.5) is 5.82 Å². The lowest BCUT2D eigenvalue weighted by Crippen LogP contribution is -2.40. The monoisotopic (exact) mass is 252 g/mol. The van der Waals surface area contributed by atoms with Crippen LogP contribution in [0.1, 0.15) is 29.6 Å². The Morgan fingerprint density at radius 2 is 2.41 bits per heavy atom. The SMILES string of the molecule is CSC1(CNc2ncccc2C(=O)O)CCC1. The third kappa shape index (κ3) is 2.54. The smallest absolute Gasteiger partial charge is 0.339 e. The molecule has 1 aromatic heterocycles. The zero-order valence-electron chi connectivity index (χ0n) is 9.77. The summed E-state index contributed by atoms with van der Waals surface area (Å²) in [6.07, 6.45) is 7.36. The molecule has 2 N–H and O–H groups in total. The van der Waals surface area contributed by atoms with Gasteiger partial charge >= 0.3 is 5.97 Å². The van der Waals surface area contributed by atoms with Gasteiger partial charge in [-0.1, -0.05) is 6.42 Å². The van der Waals surface area contributed by atoms with Crippen LogP contribution >= 0.6 is 11.8 Å². The Balaban J connectivity index is 2.06. The van der Waals surface area contributed by atoms with Crippen molar-refractivity contribution in [2.24, 2.45) is 0 Å². The Morgan fingerprint density at radius 1 is 1.65 bits per heavy atom. The minimum Gasteiger partial charge on any atom is -0.478 e. The van der Waals surface area contributed by atoms with Crippen LogP contribution in [0, 0.1) is 0 Å². The van der Waals surface area contributed by atoms with Gasteiger partial charge in [-0.05, 0) is 31.2 Å². The molecule has 0 bridgehead atoms. The fraction of sp³-hybridized carbons (Fsp3) is 0.500. The number of carboxylic acid groups (broad SMARTS) is 1. The van der Waals surface area contributed by atoms with Gasteiger partial charge in [-0.15, -0.1) is 0 Å². The first-order chi connectivity index (χ1) is 8.17. The maximum atomic E-state index is 11.0. The van der Waals surface area contributed by atoms with Gasteiger partial charge in [0.25, 0.3) is 0 Å². The van der Waals surface area contributed by atoms with Gasteiger partial charge in [0.1, 0.15) is 11.4 Å². The molecule has 0 aromatic carbocycles. The molecule has 5 heteroatoms. The van der Waals surface area contributed by atoms with Gasteiger partial charge in [0.15, 0.2) is 0 Å². The first-order valence-corrected chi connectivity index (χ1v) is 6.87. The van der Waals surface area contributed by atoms with Gasteiger partial charge in [0.2, 0.25) is 0 Å². The summed E-state index contributed by atoms with van der Waals surface area (Å²) in [4.78, 5) is 15.1. The number of thioether (sulfide) groups is 1. The normalized spacial score (nSPS) is 17.2. The second kappa shape index (κ2) is 4.96. The van der Waals surface area contributed by atoms with Crippen molar-refractivity contribution in [3.05, 3.63) is 23.9 Å². The number of nitrogens with one attached hydrogen (secondary N) is 1. The highest BCUT2D eigenvalue weighted by Gasteiger charge is 2.36. The fourth-order valence-corrected chi connectivity index (χ4v) is 2.90. The number of aromatic nitrogens is 1. The lowest BCUT2D eigenvalue weighted by molar-refractivity contribution is 0.0697. The Labute approximate surface area is 105 Å². The number of aromatic carboxylic acids is 1. The summed E-state index contributed by atoms with van der Waals surface area (Å²) in [6.45, 7) is 0.783. The van der Waals surface area contributed by atoms with E-state index in [-0.39, 0.29) is 10.3 Å². The van der Waals surface area contributed by atoms with Crippen LogP contribution in [-0.2, 0) is 0 Å². The number of hydrogen-bond donors (Lipinski definition) is 2. The summed E-state index contributed by atoms with van der Waals surface area (Å²) in [5.74, 6) is -0.465. The number of carbonyl (C=O) groups is 1. The Bertz CT molecular complexity index is 413. The molecule has 0 amide bonds. The predicted molar refractivity (Wildman–Crippen MR) is 69.8 cm³/mol. The van der Waals surface area contributed by atoms with Gasteiger partial charge in [-0.2, -0.15) is 11.8 Å². The first-order valence-electron chi connectivity index (χ1n) is 5.64. The van der Waals surface area contributed by atoms with E-state index in [2.05, 4.69) is 16.6 Å². The van der Waals surface area contributed by atoms with E-state index in [1.807, 2.05) is 11.8 Å². The number of pyridine rings is 1. The van der Waals surface area contributed by atoms with Crippen LogP contribution in [0.25, 0.3) is 0 Å². The van der Waals surface area contributed by atoms with Crippen molar-refractivity contribution in [1.29, 1.82) is 0 Å². The molecule has 4 nitrogen and oxygen atoms in total. The maximum Gasteiger partial charge on any atom is 0.339 e. The lowest BCUT2D eigenvalue weighted by atomic mass is 9.84. The summed E-state index contributed by atoms with van der Waals surface area (Å²) in [5, 5.41) is 12.2. The summed E-state index contributed by atoms with van der Waals surface area (Å²) in [5.41, 5.74) is 0.239. The molecule has 0 saturated heterocycles. The van der Waals surface area contributed by atoms with E-state index in [0.29, 0.717) is 5.82 Å². The van der Waals surface area contributed by atoms with Crippen LogP contribution in [0.15, 0.2) is 18.3 Å². The average molecular weight is 252 g/mol. The Hall–Kier alpha value is -1.23. The zero-order valence-corrected chi connectivity index (χ0v) is 10.6. The molecule has 0 aliphatic heterocycles. The van der Waals surface area contributed by atoms with E-state index >= 15 is 0 Å². The molecule has 1 aliphatic rings. The van der Waals surface area contributed by atoms with E-state index in [0.717, 1.165) is 6.54 Å². The quantitative estimate of drug-likeness (QED) is 0.843. The maximum absolute atomic E-state index is 11.0.